The first-order valence-electron chi connectivity index (χ1n) is 6.54. The molecule has 0 aromatic rings. The molecule has 2 amide bonds. The van der Waals surface area contributed by atoms with Crippen LogP contribution in [0.25, 0.3) is 0 Å². The monoisotopic (exact) mass is 288 g/mol. The Kier molecular flexibility index (Phi) is 6.78. The molecule has 0 saturated carbocycles. The van der Waals surface area contributed by atoms with E-state index in [1.54, 1.807) is 6.92 Å². The highest BCUT2D eigenvalue weighted by atomic mass is 16.5. The van der Waals surface area contributed by atoms with Crippen molar-refractivity contribution in [3.8, 4) is 0 Å². The fourth-order valence-electron chi connectivity index (χ4n) is 1.90. The number of carboxylic acids is 1. The Morgan fingerprint density at radius 3 is 2.85 bits per heavy atom. The molecule has 1 unspecified atom stereocenters. The van der Waals surface area contributed by atoms with E-state index in [0.29, 0.717) is 19.8 Å². The van der Waals surface area contributed by atoms with Crippen LogP contribution in [0.5, 0.6) is 0 Å². The van der Waals surface area contributed by atoms with Gasteiger partial charge in [0, 0.05) is 13.1 Å². The molecular formula is C12H20N2O6. The van der Waals surface area contributed by atoms with E-state index in [2.05, 4.69) is 5.32 Å². The van der Waals surface area contributed by atoms with Gasteiger partial charge in [-0.05, 0) is 6.92 Å². The van der Waals surface area contributed by atoms with Crippen molar-refractivity contribution in [1.29, 1.82) is 0 Å². The zero-order chi connectivity index (χ0) is 15.0. The van der Waals surface area contributed by atoms with Gasteiger partial charge in [0.05, 0.1) is 38.7 Å². The number of carboxylic acid groups (broad SMARTS) is 1. The first kappa shape index (κ1) is 16.2. The molecule has 0 aliphatic carbocycles. The summed E-state index contributed by atoms with van der Waals surface area (Å²) in [5.41, 5.74) is 0. The summed E-state index contributed by atoms with van der Waals surface area (Å²) in [6.07, 6.45) is -0.0706. The highest BCUT2D eigenvalue weighted by Crippen LogP contribution is 2.10. The third-order valence-electron chi connectivity index (χ3n) is 2.81. The highest BCUT2D eigenvalue weighted by molar-refractivity contribution is 5.77. The molecule has 1 atom stereocenters. The second-order valence-electron chi connectivity index (χ2n) is 4.31. The van der Waals surface area contributed by atoms with Crippen molar-refractivity contribution in [3.63, 3.8) is 0 Å². The Morgan fingerprint density at radius 2 is 2.20 bits per heavy atom. The van der Waals surface area contributed by atoms with Gasteiger partial charge in [0.15, 0.2) is 0 Å². The van der Waals surface area contributed by atoms with Gasteiger partial charge >= 0.3 is 18.0 Å². The molecule has 0 radical (unpaired) electrons. The number of amides is 2. The van der Waals surface area contributed by atoms with Crippen LogP contribution in [0, 0.1) is 0 Å². The number of carbonyl (C=O) groups is 3. The fraction of sp³-hybridized carbons (Fsp3) is 0.750. The third kappa shape index (κ3) is 5.43. The molecule has 1 heterocycles. The second-order valence-corrected chi connectivity index (χ2v) is 4.31. The van der Waals surface area contributed by atoms with Gasteiger partial charge in [-0.15, -0.1) is 0 Å². The topological polar surface area (TPSA) is 105 Å². The lowest BCUT2D eigenvalue weighted by molar-refractivity contribution is -0.143. The summed E-state index contributed by atoms with van der Waals surface area (Å²) in [6.45, 7) is 3.09. The number of urea groups is 1. The molecule has 2 N–H and O–H groups in total. The van der Waals surface area contributed by atoms with Gasteiger partial charge in [0.25, 0.3) is 0 Å². The van der Waals surface area contributed by atoms with Crippen molar-refractivity contribution >= 4 is 18.0 Å². The second kappa shape index (κ2) is 8.36. The van der Waals surface area contributed by atoms with Crippen LogP contribution in [0.1, 0.15) is 19.8 Å². The largest absolute Gasteiger partial charge is 0.481 e. The lowest BCUT2D eigenvalue weighted by atomic mass is 10.1. The summed E-state index contributed by atoms with van der Waals surface area (Å²) in [4.78, 5) is 35.2. The molecular weight excluding hydrogens is 268 g/mol. The molecule has 0 spiro atoms. The number of morpholine rings is 1. The van der Waals surface area contributed by atoms with E-state index in [9.17, 15) is 14.4 Å². The van der Waals surface area contributed by atoms with E-state index >= 15 is 0 Å². The number of nitrogens with zero attached hydrogens (tertiary/aromatic N) is 1. The van der Waals surface area contributed by atoms with Crippen molar-refractivity contribution < 1.29 is 29.0 Å². The number of hydrogen-bond acceptors (Lipinski definition) is 5. The molecule has 0 aromatic heterocycles. The Morgan fingerprint density at radius 1 is 1.45 bits per heavy atom. The number of carbonyl (C=O) groups excluding carboxylic acids is 2. The van der Waals surface area contributed by atoms with Crippen LogP contribution < -0.4 is 5.32 Å². The van der Waals surface area contributed by atoms with Crippen molar-refractivity contribution in [3.05, 3.63) is 0 Å². The number of esters is 1. The first-order chi connectivity index (χ1) is 9.54. The lowest BCUT2D eigenvalue weighted by Crippen LogP contribution is -2.53. The van der Waals surface area contributed by atoms with Gasteiger partial charge in [0.1, 0.15) is 0 Å². The van der Waals surface area contributed by atoms with Crippen molar-refractivity contribution in [2.75, 3.05) is 32.9 Å². The molecule has 8 heteroatoms. The molecule has 0 bridgehead atoms. The van der Waals surface area contributed by atoms with Crippen LogP contribution in [0.2, 0.25) is 0 Å². The first-order valence-corrected chi connectivity index (χ1v) is 6.54. The number of ether oxygens (including phenoxy) is 2. The van der Waals surface area contributed by atoms with Crippen LogP contribution in [0.4, 0.5) is 4.79 Å². The number of aliphatic carboxylic acids is 1. The van der Waals surface area contributed by atoms with E-state index in [-0.39, 0.29) is 38.0 Å². The van der Waals surface area contributed by atoms with Crippen LogP contribution in [0.15, 0.2) is 0 Å². The van der Waals surface area contributed by atoms with Gasteiger partial charge in [-0.25, -0.2) is 4.79 Å². The van der Waals surface area contributed by atoms with E-state index in [1.807, 2.05) is 0 Å². The summed E-state index contributed by atoms with van der Waals surface area (Å²) in [6, 6.07) is -0.868. The Balaban J connectivity index is 2.39. The summed E-state index contributed by atoms with van der Waals surface area (Å²) in [5, 5.41) is 11.4. The third-order valence-corrected chi connectivity index (χ3v) is 2.81. The number of rotatable bonds is 6. The molecule has 114 valence electrons. The normalized spacial score (nSPS) is 18.4. The van der Waals surface area contributed by atoms with E-state index in [0.717, 1.165) is 0 Å². The molecule has 1 aliphatic heterocycles. The Hall–Kier alpha value is -1.83. The molecule has 1 saturated heterocycles. The maximum absolute atomic E-state index is 11.9. The van der Waals surface area contributed by atoms with E-state index in [1.165, 1.54) is 4.90 Å². The van der Waals surface area contributed by atoms with Crippen molar-refractivity contribution in [2.45, 2.75) is 25.8 Å². The Bertz CT molecular complexity index is 360. The zero-order valence-electron chi connectivity index (χ0n) is 11.5. The van der Waals surface area contributed by atoms with Crippen LogP contribution in [-0.4, -0.2) is 66.9 Å². The summed E-state index contributed by atoms with van der Waals surface area (Å²) >= 11 is 0. The molecule has 1 aliphatic rings. The molecule has 20 heavy (non-hydrogen) atoms. The van der Waals surface area contributed by atoms with Gasteiger partial charge in [0.2, 0.25) is 0 Å². The molecule has 1 rings (SSSR count). The van der Waals surface area contributed by atoms with Crippen molar-refractivity contribution in [2.24, 2.45) is 0 Å². The predicted octanol–water partition coefficient (Wildman–Crippen LogP) is -0.175. The zero-order valence-corrected chi connectivity index (χ0v) is 11.5. The standard InChI is InChI=1S/C12H20N2O6/c1-2-20-11(17)3-4-13-12(18)14-5-6-19-8-9(14)7-10(15)16/h9H,2-8H2,1H3,(H,13,18)(H,15,16). The average molecular weight is 288 g/mol. The quantitative estimate of drug-likeness (QED) is 0.657. The van der Waals surface area contributed by atoms with Crippen molar-refractivity contribution in [1.82, 2.24) is 10.2 Å². The smallest absolute Gasteiger partial charge is 0.317 e. The number of hydrogen-bond donors (Lipinski definition) is 2. The predicted molar refractivity (Wildman–Crippen MR) is 68.2 cm³/mol. The van der Waals surface area contributed by atoms with Crippen LogP contribution in [0.3, 0.4) is 0 Å². The molecule has 1 fully saturated rings. The van der Waals surface area contributed by atoms with Gasteiger partial charge in [-0.2, -0.15) is 0 Å². The number of nitrogens with one attached hydrogen (secondary N) is 1. The summed E-state index contributed by atoms with van der Waals surface area (Å²) < 4.78 is 9.92. The summed E-state index contributed by atoms with van der Waals surface area (Å²) in [7, 11) is 0. The minimum atomic E-state index is -0.982. The molecule has 0 aromatic carbocycles. The van der Waals surface area contributed by atoms with Crippen LogP contribution in [-0.2, 0) is 19.1 Å². The lowest BCUT2D eigenvalue weighted by Gasteiger charge is -2.34. The van der Waals surface area contributed by atoms with E-state index in [4.69, 9.17) is 14.6 Å². The maximum Gasteiger partial charge on any atom is 0.317 e. The maximum atomic E-state index is 11.9. The van der Waals surface area contributed by atoms with Gasteiger partial charge in [-0.3, -0.25) is 9.59 Å². The van der Waals surface area contributed by atoms with Gasteiger partial charge in [-0.1, -0.05) is 0 Å². The Labute approximate surface area is 117 Å². The SMILES string of the molecule is CCOC(=O)CCNC(=O)N1CCOCC1CC(=O)O. The summed E-state index contributed by atoms with van der Waals surface area (Å²) in [5.74, 6) is -1.36. The van der Waals surface area contributed by atoms with Gasteiger partial charge < -0.3 is 24.8 Å². The fourth-order valence-corrected chi connectivity index (χ4v) is 1.90. The molecule has 8 nitrogen and oxygen atoms in total. The van der Waals surface area contributed by atoms with E-state index < -0.39 is 12.0 Å². The minimum Gasteiger partial charge on any atom is -0.481 e. The van der Waals surface area contributed by atoms with Crippen LogP contribution >= 0.6 is 0 Å². The average Bonchev–Trinajstić information content (AvgIpc) is 2.38. The highest BCUT2D eigenvalue weighted by Gasteiger charge is 2.28. The minimum absolute atomic E-state index is 0.0908.